The summed E-state index contributed by atoms with van der Waals surface area (Å²) in [6.07, 6.45) is 4.46. The van der Waals surface area contributed by atoms with E-state index in [9.17, 15) is 9.90 Å². The molecule has 0 heterocycles. The van der Waals surface area contributed by atoms with E-state index in [0.29, 0.717) is 11.7 Å². The van der Waals surface area contributed by atoms with Crippen LogP contribution in [0.5, 0.6) is 0 Å². The molecule has 0 radical (unpaired) electrons. The number of carbonyl (C=O) groups excluding carboxylic acids is 1. The molecule has 2 aliphatic carbocycles. The van der Waals surface area contributed by atoms with E-state index >= 15 is 0 Å². The minimum Gasteiger partial charge on any atom is -0.393 e. The summed E-state index contributed by atoms with van der Waals surface area (Å²) in [5.41, 5.74) is 0. The van der Waals surface area contributed by atoms with Gasteiger partial charge in [0, 0.05) is 12.3 Å². The maximum absolute atomic E-state index is 11.2. The van der Waals surface area contributed by atoms with Crippen LogP contribution < -0.4 is 0 Å². The average Bonchev–Trinajstić information content (AvgIpc) is 2.73. The molecule has 2 heteroatoms. The summed E-state index contributed by atoms with van der Waals surface area (Å²) >= 11 is 0. The highest BCUT2D eigenvalue weighted by molar-refractivity contribution is 5.83. The van der Waals surface area contributed by atoms with Crippen molar-refractivity contribution in [2.75, 3.05) is 0 Å². The second-order valence-corrected chi connectivity index (χ2v) is 3.79. The highest BCUT2D eigenvalue weighted by atomic mass is 16.3. The first-order valence-electron chi connectivity index (χ1n) is 4.50. The summed E-state index contributed by atoms with van der Waals surface area (Å²) in [5, 5.41) is 9.49. The lowest BCUT2D eigenvalue weighted by Gasteiger charge is -2.12. The van der Waals surface area contributed by atoms with Gasteiger partial charge < -0.3 is 5.11 Å². The summed E-state index contributed by atoms with van der Waals surface area (Å²) < 4.78 is 0. The number of fused-ring (bicyclic) bond motifs is 1. The highest BCUT2D eigenvalue weighted by Gasteiger charge is 2.46. The predicted molar refractivity (Wildman–Crippen MR) is 41.1 cm³/mol. The molecule has 0 amide bonds. The number of aliphatic hydroxyl groups excluding tert-OH is 1. The van der Waals surface area contributed by atoms with E-state index in [2.05, 4.69) is 0 Å². The van der Waals surface area contributed by atoms with Crippen LogP contribution in [0.3, 0.4) is 0 Å². The highest BCUT2D eigenvalue weighted by Crippen LogP contribution is 2.45. The molecule has 2 fully saturated rings. The van der Waals surface area contributed by atoms with E-state index in [1.54, 1.807) is 0 Å². The zero-order chi connectivity index (χ0) is 7.84. The molecule has 0 bridgehead atoms. The summed E-state index contributed by atoms with van der Waals surface area (Å²) in [5.74, 6) is 0.974. The summed E-state index contributed by atoms with van der Waals surface area (Å²) in [7, 11) is 0. The van der Waals surface area contributed by atoms with E-state index in [0.717, 1.165) is 32.1 Å². The molecule has 62 valence electrons. The molecule has 0 aliphatic heterocycles. The lowest BCUT2D eigenvalue weighted by atomic mass is 9.98. The zero-order valence-corrected chi connectivity index (χ0v) is 6.62. The Morgan fingerprint density at radius 2 is 2.18 bits per heavy atom. The van der Waals surface area contributed by atoms with E-state index in [-0.39, 0.29) is 12.0 Å². The van der Waals surface area contributed by atoms with Crippen LogP contribution in [-0.2, 0) is 4.79 Å². The Hall–Kier alpha value is -0.370. The topological polar surface area (TPSA) is 37.3 Å². The monoisotopic (exact) mass is 154 g/mol. The Bertz CT molecular complexity index is 176. The van der Waals surface area contributed by atoms with Gasteiger partial charge >= 0.3 is 0 Å². The maximum Gasteiger partial charge on any atom is 0.136 e. The molecule has 2 aliphatic rings. The Balaban J connectivity index is 2.00. The average molecular weight is 154 g/mol. The number of hydrogen-bond donors (Lipinski definition) is 1. The fourth-order valence-corrected chi connectivity index (χ4v) is 2.06. The molecular formula is C9H14O2. The minimum atomic E-state index is -0.177. The largest absolute Gasteiger partial charge is 0.393 e. The number of hydrogen-bond acceptors (Lipinski definition) is 2. The van der Waals surface area contributed by atoms with Crippen LogP contribution in [0.1, 0.15) is 32.1 Å². The zero-order valence-electron chi connectivity index (χ0n) is 6.62. The molecule has 2 nitrogen and oxygen atoms in total. The molecule has 2 rings (SSSR count). The van der Waals surface area contributed by atoms with Crippen molar-refractivity contribution in [1.29, 1.82) is 0 Å². The van der Waals surface area contributed by atoms with Gasteiger partial charge in [0.05, 0.1) is 6.10 Å². The molecule has 0 spiro atoms. The van der Waals surface area contributed by atoms with Gasteiger partial charge in [-0.25, -0.2) is 0 Å². The Morgan fingerprint density at radius 1 is 1.36 bits per heavy atom. The van der Waals surface area contributed by atoms with Crippen LogP contribution in [0, 0.1) is 11.8 Å². The van der Waals surface area contributed by atoms with Gasteiger partial charge in [0.2, 0.25) is 0 Å². The first kappa shape index (κ1) is 7.29. The molecule has 2 saturated carbocycles. The Morgan fingerprint density at radius 3 is 3.00 bits per heavy atom. The number of carbonyl (C=O) groups is 1. The van der Waals surface area contributed by atoms with E-state index in [4.69, 9.17) is 0 Å². The quantitative estimate of drug-likeness (QED) is 0.568. The first-order chi connectivity index (χ1) is 5.29. The van der Waals surface area contributed by atoms with Gasteiger partial charge in [-0.3, -0.25) is 4.79 Å². The minimum absolute atomic E-state index is 0.177. The number of ketones is 1. The van der Waals surface area contributed by atoms with Crippen molar-refractivity contribution in [3.8, 4) is 0 Å². The molecule has 1 N–H and O–H groups in total. The van der Waals surface area contributed by atoms with Crippen LogP contribution >= 0.6 is 0 Å². The van der Waals surface area contributed by atoms with E-state index in [1.165, 1.54) is 0 Å². The van der Waals surface area contributed by atoms with Crippen molar-refractivity contribution >= 4 is 5.78 Å². The molecule has 0 aromatic carbocycles. The third-order valence-corrected chi connectivity index (χ3v) is 2.92. The fraction of sp³-hybridized carbons (Fsp3) is 0.889. The third-order valence-electron chi connectivity index (χ3n) is 2.92. The number of Topliss-reactive ketones (excluding diaryl/α,β-unsaturated/α-hetero) is 1. The van der Waals surface area contributed by atoms with Gasteiger partial charge in [-0.05, 0) is 25.2 Å². The van der Waals surface area contributed by atoms with Gasteiger partial charge in [-0.1, -0.05) is 6.42 Å². The SMILES string of the molecule is O=C1CCCC[C@@H](O)[C@H]2C[C@H]12. The predicted octanol–water partition coefficient (Wildman–Crippen LogP) is 1.13. The van der Waals surface area contributed by atoms with Crippen molar-refractivity contribution < 1.29 is 9.90 Å². The molecule has 0 saturated heterocycles. The lowest BCUT2D eigenvalue weighted by molar-refractivity contribution is -0.121. The number of aliphatic hydroxyl groups is 1. The molecule has 0 unspecified atom stereocenters. The van der Waals surface area contributed by atoms with Gasteiger partial charge in [0.25, 0.3) is 0 Å². The summed E-state index contributed by atoms with van der Waals surface area (Å²) in [6.45, 7) is 0. The van der Waals surface area contributed by atoms with Gasteiger partial charge in [0.15, 0.2) is 0 Å². The maximum atomic E-state index is 11.2. The second kappa shape index (κ2) is 2.59. The van der Waals surface area contributed by atoms with Crippen molar-refractivity contribution in [1.82, 2.24) is 0 Å². The van der Waals surface area contributed by atoms with Crippen LogP contribution in [0.15, 0.2) is 0 Å². The number of rotatable bonds is 0. The summed E-state index contributed by atoms with van der Waals surface area (Å²) in [6, 6.07) is 0. The van der Waals surface area contributed by atoms with E-state index < -0.39 is 0 Å². The molecule has 11 heavy (non-hydrogen) atoms. The van der Waals surface area contributed by atoms with Crippen molar-refractivity contribution in [2.24, 2.45) is 11.8 Å². The van der Waals surface area contributed by atoms with Crippen LogP contribution in [-0.4, -0.2) is 17.0 Å². The van der Waals surface area contributed by atoms with Crippen LogP contribution in [0.4, 0.5) is 0 Å². The second-order valence-electron chi connectivity index (χ2n) is 3.79. The fourth-order valence-electron chi connectivity index (χ4n) is 2.06. The third kappa shape index (κ3) is 1.32. The molecule has 0 aromatic heterocycles. The van der Waals surface area contributed by atoms with E-state index in [1.807, 2.05) is 0 Å². The van der Waals surface area contributed by atoms with Crippen molar-refractivity contribution in [2.45, 2.75) is 38.2 Å². The van der Waals surface area contributed by atoms with Crippen LogP contribution in [0.25, 0.3) is 0 Å². The Kier molecular flexibility index (Phi) is 1.72. The lowest BCUT2D eigenvalue weighted by Crippen LogP contribution is -2.16. The summed E-state index contributed by atoms with van der Waals surface area (Å²) in [4.78, 5) is 11.2. The molecule has 3 atom stereocenters. The smallest absolute Gasteiger partial charge is 0.136 e. The normalized spacial score (nSPS) is 44.1. The van der Waals surface area contributed by atoms with Crippen molar-refractivity contribution in [3.63, 3.8) is 0 Å². The standard InChI is InChI=1S/C9H14O2/c10-8-3-1-2-4-9(11)7-5-6(7)8/h6-8,10H,1-5H2/t6-,7-,8+/m0/s1. The van der Waals surface area contributed by atoms with Gasteiger partial charge in [-0.15, -0.1) is 0 Å². The van der Waals surface area contributed by atoms with Crippen molar-refractivity contribution in [3.05, 3.63) is 0 Å². The Labute approximate surface area is 66.6 Å². The van der Waals surface area contributed by atoms with Crippen LogP contribution in [0.2, 0.25) is 0 Å². The van der Waals surface area contributed by atoms with Gasteiger partial charge in [-0.2, -0.15) is 0 Å². The molecule has 0 aromatic rings. The van der Waals surface area contributed by atoms with Gasteiger partial charge in [0.1, 0.15) is 5.78 Å². The first-order valence-corrected chi connectivity index (χ1v) is 4.50. The molecular weight excluding hydrogens is 140 g/mol.